The number of nitrogens with one attached hydrogen (secondary N) is 1. The molecule has 1 aromatic carbocycles. The van der Waals surface area contributed by atoms with Crippen LogP contribution in [-0.4, -0.2) is 62.7 Å². The molecular formula is C14H15BrClNO6. The highest BCUT2D eigenvalue weighted by Crippen LogP contribution is 2.38. The molecule has 0 radical (unpaired) electrons. The first-order valence-electron chi connectivity index (χ1n) is 7.25. The maximum atomic E-state index is 10.0. The van der Waals surface area contributed by atoms with E-state index in [-0.39, 0.29) is 5.75 Å². The zero-order valence-electron chi connectivity index (χ0n) is 12.6. The van der Waals surface area contributed by atoms with Gasteiger partial charge in [0.25, 0.3) is 0 Å². The number of aromatic amines is 1. The number of fused-ring (bicyclic) bond motifs is 1. The van der Waals surface area contributed by atoms with Crippen LogP contribution in [0.25, 0.3) is 10.9 Å². The third-order valence-electron chi connectivity index (χ3n) is 3.73. The lowest BCUT2D eigenvalue weighted by atomic mass is 9.99. The fraction of sp³-hybridized carbons (Fsp3) is 0.429. The second-order valence-electron chi connectivity index (χ2n) is 5.19. The molecule has 5 atom stereocenters. The minimum absolute atomic E-state index is 0.163. The number of halogens is 2. The molecule has 1 aliphatic heterocycles. The predicted octanol–water partition coefficient (Wildman–Crippen LogP) is 0.762. The minimum Gasteiger partial charge on any atom is -0.460 e. The summed E-state index contributed by atoms with van der Waals surface area (Å²) in [5.41, 5.74) is 0.475. The number of rotatable bonds is 3. The first-order valence-corrected chi connectivity index (χ1v) is 7.97. The van der Waals surface area contributed by atoms with Gasteiger partial charge in [0.1, 0.15) is 30.2 Å². The van der Waals surface area contributed by atoms with Gasteiger partial charge in [0.15, 0.2) is 1.41 Å². The van der Waals surface area contributed by atoms with Crippen molar-refractivity contribution in [2.24, 2.45) is 0 Å². The summed E-state index contributed by atoms with van der Waals surface area (Å²) in [4.78, 5) is 1.05. The van der Waals surface area contributed by atoms with Crippen molar-refractivity contribution >= 4 is 38.4 Å². The second kappa shape index (κ2) is 6.56. The lowest BCUT2D eigenvalue weighted by molar-refractivity contribution is -0.277. The Hall–Kier alpha value is -0.870. The molecule has 1 aromatic heterocycles. The van der Waals surface area contributed by atoms with Crippen molar-refractivity contribution in [1.82, 2.24) is 4.98 Å². The quantitative estimate of drug-likeness (QED) is 0.511. The summed E-state index contributed by atoms with van der Waals surface area (Å²) in [6.45, 7) is -0.558. The molecule has 0 amide bonds. The topological polar surface area (TPSA) is 115 Å². The van der Waals surface area contributed by atoms with E-state index >= 15 is 0 Å². The Bertz CT molecular complexity index is 756. The van der Waals surface area contributed by atoms with Crippen LogP contribution < -0.4 is 4.74 Å². The Balaban J connectivity index is 1.96. The molecule has 3 rings (SSSR count). The maximum Gasteiger partial charge on any atom is 0.229 e. The molecule has 1 aliphatic rings. The van der Waals surface area contributed by atoms with Crippen LogP contribution in [-0.2, 0) is 4.74 Å². The van der Waals surface area contributed by atoms with Crippen LogP contribution in [0, 0.1) is 0 Å². The van der Waals surface area contributed by atoms with Crippen LogP contribution in [0.3, 0.4) is 0 Å². The zero-order chi connectivity index (χ0) is 17.6. The standard InChI is InChI=1S/C14H15BrClNO6/c15-5-1-2-6-9(10(5)16)7(3-17-6)22-14-13(21)12(20)11(19)8(4-18)23-14/h1-3,8,11-14,17-21H,4H2/t8-,11+,12+,13-,14?/m1/s1/i/hD. The van der Waals surface area contributed by atoms with E-state index < -0.39 is 37.3 Å². The summed E-state index contributed by atoms with van der Waals surface area (Å²) in [6.07, 6.45) is -5.66. The number of aliphatic hydroxyl groups is 4. The van der Waals surface area contributed by atoms with E-state index in [0.29, 0.717) is 20.4 Å². The van der Waals surface area contributed by atoms with Gasteiger partial charge >= 0.3 is 0 Å². The predicted molar refractivity (Wildman–Crippen MR) is 85.4 cm³/mol. The highest BCUT2D eigenvalue weighted by atomic mass is 79.9. The summed E-state index contributed by atoms with van der Waals surface area (Å²) in [5.74, 6) is 0.163. The summed E-state index contributed by atoms with van der Waals surface area (Å²) >= 11 is 9.54. The molecule has 0 spiro atoms. The number of aliphatic hydroxyl groups excluding tert-OH is 4. The molecule has 1 unspecified atom stereocenters. The summed E-state index contributed by atoms with van der Waals surface area (Å²) < 4.78 is 19.4. The molecule has 2 aromatic rings. The van der Waals surface area contributed by atoms with Gasteiger partial charge in [-0.1, -0.05) is 11.6 Å². The number of benzene rings is 1. The smallest absolute Gasteiger partial charge is 0.229 e. The van der Waals surface area contributed by atoms with Gasteiger partial charge in [-0.3, -0.25) is 0 Å². The molecule has 7 nitrogen and oxygen atoms in total. The molecule has 1 fully saturated rings. The molecule has 0 bridgehead atoms. The summed E-state index contributed by atoms with van der Waals surface area (Å²) in [5, 5.41) is 39.6. The van der Waals surface area contributed by atoms with E-state index in [1.165, 1.54) is 6.20 Å². The minimum atomic E-state index is -1.55. The first-order chi connectivity index (χ1) is 11.3. The summed E-state index contributed by atoms with van der Waals surface area (Å²) in [7, 11) is 0. The number of aromatic nitrogens is 1. The van der Waals surface area contributed by atoms with Crippen LogP contribution in [0.15, 0.2) is 22.8 Å². The number of H-pyrrole nitrogens is 1. The van der Waals surface area contributed by atoms with E-state index in [0.717, 1.165) is 4.98 Å². The van der Waals surface area contributed by atoms with Gasteiger partial charge in [0, 0.05) is 10.7 Å². The van der Waals surface area contributed by atoms with Gasteiger partial charge in [0.2, 0.25) is 6.29 Å². The van der Waals surface area contributed by atoms with E-state index in [2.05, 4.69) is 15.9 Å². The van der Waals surface area contributed by atoms with Crippen molar-refractivity contribution in [3.8, 4) is 5.75 Å². The fourth-order valence-electron chi connectivity index (χ4n) is 2.45. The molecule has 5 N–H and O–H groups in total. The van der Waals surface area contributed by atoms with Crippen molar-refractivity contribution in [3.05, 3.63) is 27.8 Å². The normalized spacial score (nSPS) is 32.1. The van der Waals surface area contributed by atoms with Crippen molar-refractivity contribution in [1.29, 1.82) is 0 Å². The lowest BCUT2D eigenvalue weighted by Crippen LogP contribution is -2.60. The van der Waals surface area contributed by atoms with Gasteiger partial charge in [-0.15, -0.1) is 0 Å². The SMILES string of the molecule is [2H]n1cc(OC2O[C@H](CO)[C@H](O)[C@H](O)[C@H]2O)c2c(Cl)c(Br)ccc21. The van der Waals surface area contributed by atoms with E-state index in [4.69, 9.17) is 22.5 Å². The Morgan fingerprint density at radius 3 is 2.74 bits per heavy atom. The molecule has 126 valence electrons. The Morgan fingerprint density at radius 1 is 1.30 bits per heavy atom. The zero-order valence-corrected chi connectivity index (χ0v) is 14.0. The molecule has 1 saturated heterocycles. The van der Waals surface area contributed by atoms with Crippen LogP contribution in [0.4, 0.5) is 0 Å². The molecule has 2 heterocycles. The van der Waals surface area contributed by atoms with Crippen LogP contribution in [0.2, 0.25) is 6.43 Å². The third-order valence-corrected chi connectivity index (χ3v) is 5.01. The van der Waals surface area contributed by atoms with Gasteiger partial charge in [0.05, 0.1) is 22.5 Å². The van der Waals surface area contributed by atoms with E-state index in [1.54, 1.807) is 12.1 Å². The molecule has 0 aliphatic carbocycles. The van der Waals surface area contributed by atoms with Crippen LogP contribution >= 0.6 is 27.5 Å². The van der Waals surface area contributed by atoms with E-state index in [9.17, 15) is 20.4 Å². The molecule has 9 heteroatoms. The first kappa shape index (κ1) is 15.6. The Labute approximate surface area is 146 Å². The highest BCUT2D eigenvalue weighted by molar-refractivity contribution is 9.10. The second-order valence-corrected chi connectivity index (χ2v) is 6.43. The van der Waals surface area contributed by atoms with Crippen molar-refractivity contribution < 1.29 is 31.3 Å². The van der Waals surface area contributed by atoms with Gasteiger partial charge in [-0.05, 0) is 28.1 Å². The summed E-state index contributed by atoms with van der Waals surface area (Å²) in [6, 6.07) is 3.35. The van der Waals surface area contributed by atoms with Crippen molar-refractivity contribution in [3.63, 3.8) is 0 Å². The van der Waals surface area contributed by atoms with Crippen molar-refractivity contribution in [2.45, 2.75) is 30.7 Å². The Morgan fingerprint density at radius 2 is 2.04 bits per heavy atom. The monoisotopic (exact) mass is 408 g/mol. The largest absolute Gasteiger partial charge is 0.460 e. The van der Waals surface area contributed by atoms with Crippen LogP contribution in [0.1, 0.15) is 0 Å². The highest BCUT2D eigenvalue weighted by Gasteiger charge is 2.44. The van der Waals surface area contributed by atoms with Crippen molar-refractivity contribution in [2.75, 3.05) is 6.61 Å². The number of hydrogen-bond donors (Lipinski definition) is 5. The molecule has 0 saturated carbocycles. The number of hydrogen-bond acceptors (Lipinski definition) is 6. The van der Waals surface area contributed by atoms with E-state index in [1.807, 2.05) is 0 Å². The van der Waals surface area contributed by atoms with Crippen LogP contribution in [0.5, 0.6) is 5.75 Å². The molecule has 23 heavy (non-hydrogen) atoms. The fourth-order valence-corrected chi connectivity index (χ4v) is 3.04. The van der Waals surface area contributed by atoms with Gasteiger partial charge in [-0.25, -0.2) is 0 Å². The third kappa shape index (κ3) is 2.96. The Kier molecular flexibility index (Phi) is 4.46. The lowest BCUT2D eigenvalue weighted by Gasteiger charge is -2.39. The van der Waals surface area contributed by atoms with Gasteiger partial charge in [-0.2, -0.15) is 0 Å². The average Bonchev–Trinajstić information content (AvgIpc) is 2.87. The molecular weight excluding hydrogens is 394 g/mol. The van der Waals surface area contributed by atoms with Gasteiger partial charge < -0.3 is 34.9 Å². The average molecular weight is 410 g/mol. The number of ether oxygens (including phenoxy) is 2. The maximum absolute atomic E-state index is 10.0.